The van der Waals surface area contributed by atoms with Crippen molar-refractivity contribution in [3.63, 3.8) is 0 Å². The summed E-state index contributed by atoms with van der Waals surface area (Å²) in [4.78, 5) is 32.5. The molecule has 168 valence electrons. The maximum Gasteiger partial charge on any atom is 0.404 e. The number of hydrogen-bond donors (Lipinski definition) is 5. The van der Waals surface area contributed by atoms with Crippen molar-refractivity contribution in [2.45, 2.75) is 32.3 Å². The summed E-state index contributed by atoms with van der Waals surface area (Å²) in [5, 5.41) is 16.7. The van der Waals surface area contributed by atoms with E-state index in [-0.39, 0.29) is 18.1 Å². The molecular weight excluding hydrogens is 420 g/mol. The van der Waals surface area contributed by atoms with Gasteiger partial charge < -0.3 is 20.9 Å². The SMILES string of the molecule is NC(=O)OCc1ccccc1.NSNCCCCCC(=O)Nc1ccc(C(=O)O)cc1. The van der Waals surface area contributed by atoms with Crippen molar-refractivity contribution in [1.82, 2.24) is 4.72 Å². The zero-order valence-corrected chi connectivity index (χ0v) is 17.9. The first-order valence-electron chi connectivity index (χ1n) is 9.60. The number of nitrogens with two attached hydrogens (primary N) is 2. The lowest BCUT2D eigenvalue weighted by atomic mass is 10.1. The van der Waals surface area contributed by atoms with Crippen LogP contribution in [-0.2, 0) is 16.1 Å². The minimum Gasteiger partial charge on any atom is -0.478 e. The van der Waals surface area contributed by atoms with Crippen LogP contribution in [0.25, 0.3) is 0 Å². The molecule has 2 aromatic carbocycles. The molecule has 9 nitrogen and oxygen atoms in total. The Balaban J connectivity index is 0.000000367. The lowest BCUT2D eigenvalue weighted by Gasteiger charge is -2.05. The van der Waals surface area contributed by atoms with Crippen LogP contribution in [0.15, 0.2) is 54.6 Å². The van der Waals surface area contributed by atoms with Crippen LogP contribution in [0.4, 0.5) is 10.5 Å². The molecule has 0 heterocycles. The molecule has 0 atom stereocenters. The highest BCUT2D eigenvalue weighted by Crippen LogP contribution is 2.11. The summed E-state index contributed by atoms with van der Waals surface area (Å²) in [6.07, 6.45) is 2.46. The monoisotopic (exact) mass is 448 g/mol. The Morgan fingerprint density at radius 2 is 1.65 bits per heavy atom. The van der Waals surface area contributed by atoms with Gasteiger partial charge in [-0.25, -0.2) is 9.59 Å². The van der Waals surface area contributed by atoms with Gasteiger partial charge in [-0.05, 0) is 42.7 Å². The van der Waals surface area contributed by atoms with Crippen molar-refractivity contribution in [3.05, 3.63) is 65.7 Å². The van der Waals surface area contributed by atoms with Crippen LogP contribution in [0.3, 0.4) is 0 Å². The number of ether oxygens (including phenoxy) is 1. The molecule has 2 amide bonds. The molecule has 7 N–H and O–H groups in total. The lowest BCUT2D eigenvalue weighted by Crippen LogP contribution is -2.12. The fourth-order valence-corrected chi connectivity index (χ4v) is 2.63. The molecule has 0 unspecified atom stereocenters. The summed E-state index contributed by atoms with van der Waals surface area (Å²) in [7, 11) is 0. The number of carbonyl (C=O) groups excluding carboxylic acids is 2. The Morgan fingerprint density at radius 3 is 2.23 bits per heavy atom. The van der Waals surface area contributed by atoms with E-state index in [0.29, 0.717) is 12.1 Å². The molecule has 0 saturated carbocycles. The zero-order chi connectivity index (χ0) is 22.9. The molecule has 31 heavy (non-hydrogen) atoms. The quantitative estimate of drug-likeness (QED) is 0.259. The van der Waals surface area contributed by atoms with E-state index in [1.165, 1.54) is 12.1 Å². The van der Waals surface area contributed by atoms with Gasteiger partial charge in [-0.1, -0.05) is 36.8 Å². The molecule has 10 heteroatoms. The number of carbonyl (C=O) groups is 3. The van der Waals surface area contributed by atoms with Crippen molar-refractivity contribution >= 4 is 35.8 Å². The first-order valence-corrected chi connectivity index (χ1v) is 10.5. The smallest absolute Gasteiger partial charge is 0.404 e. The molecule has 0 aliphatic heterocycles. The molecule has 0 fully saturated rings. The van der Waals surface area contributed by atoms with Crippen molar-refractivity contribution in [2.24, 2.45) is 10.9 Å². The highest BCUT2D eigenvalue weighted by Gasteiger charge is 2.04. The van der Waals surface area contributed by atoms with Crippen molar-refractivity contribution in [3.8, 4) is 0 Å². The van der Waals surface area contributed by atoms with Crippen LogP contribution in [0.1, 0.15) is 41.6 Å². The predicted molar refractivity (Wildman–Crippen MR) is 121 cm³/mol. The molecular formula is C21H28N4O5S. The Bertz CT molecular complexity index is 803. The van der Waals surface area contributed by atoms with Gasteiger partial charge in [-0.3, -0.25) is 14.7 Å². The highest BCUT2D eigenvalue weighted by molar-refractivity contribution is 7.95. The number of carboxylic acids is 1. The highest BCUT2D eigenvalue weighted by atomic mass is 32.2. The second-order valence-electron chi connectivity index (χ2n) is 6.35. The minimum absolute atomic E-state index is 0.0609. The summed E-state index contributed by atoms with van der Waals surface area (Å²) in [6, 6.07) is 15.5. The van der Waals surface area contributed by atoms with E-state index in [9.17, 15) is 14.4 Å². The molecule has 0 spiro atoms. The normalized spacial score (nSPS) is 9.84. The topological polar surface area (TPSA) is 157 Å². The average Bonchev–Trinajstić information content (AvgIpc) is 2.76. The third kappa shape index (κ3) is 13.0. The van der Waals surface area contributed by atoms with Gasteiger partial charge in [0, 0.05) is 30.8 Å². The van der Waals surface area contributed by atoms with Crippen molar-refractivity contribution < 1.29 is 24.2 Å². The van der Waals surface area contributed by atoms with E-state index in [4.69, 9.17) is 16.0 Å². The Kier molecular flexibility index (Phi) is 13.2. The van der Waals surface area contributed by atoms with Crippen LogP contribution in [-0.4, -0.2) is 29.6 Å². The number of carboxylic acid groups (broad SMARTS) is 1. The molecule has 0 saturated heterocycles. The van der Waals surface area contributed by atoms with Gasteiger partial charge in [0.25, 0.3) is 0 Å². The maximum absolute atomic E-state index is 11.7. The summed E-state index contributed by atoms with van der Waals surface area (Å²) < 4.78 is 7.50. The van der Waals surface area contributed by atoms with Gasteiger partial charge in [0.05, 0.1) is 5.56 Å². The van der Waals surface area contributed by atoms with E-state index in [2.05, 4.69) is 14.8 Å². The van der Waals surface area contributed by atoms with Crippen LogP contribution in [0.2, 0.25) is 0 Å². The predicted octanol–water partition coefficient (Wildman–Crippen LogP) is 3.28. The molecule has 0 radical (unpaired) electrons. The van der Waals surface area contributed by atoms with Crippen molar-refractivity contribution in [1.29, 1.82) is 0 Å². The number of unbranched alkanes of at least 4 members (excludes halogenated alkanes) is 2. The third-order valence-electron chi connectivity index (χ3n) is 3.91. The van der Waals surface area contributed by atoms with Crippen LogP contribution in [0.5, 0.6) is 0 Å². The number of benzene rings is 2. The largest absolute Gasteiger partial charge is 0.478 e. The Labute approximate surface area is 185 Å². The first-order chi connectivity index (χ1) is 14.9. The van der Waals surface area contributed by atoms with E-state index in [1.807, 2.05) is 30.3 Å². The van der Waals surface area contributed by atoms with E-state index >= 15 is 0 Å². The van der Waals surface area contributed by atoms with Crippen LogP contribution >= 0.6 is 12.1 Å². The second-order valence-corrected chi connectivity index (χ2v) is 6.87. The maximum atomic E-state index is 11.7. The van der Waals surface area contributed by atoms with Gasteiger partial charge in [0.2, 0.25) is 5.91 Å². The van der Waals surface area contributed by atoms with Gasteiger partial charge in [-0.2, -0.15) is 0 Å². The molecule has 0 bridgehead atoms. The standard InChI is InChI=1S/C13H19N3O3S.C8H9NO2/c14-20-15-9-3-1-2-4-12(17)16-11-7-5-10(6-8-11)13(18)19;9-8(10)11-6-7-4-2-1-3-5-7/h5-8,15H,1-4,9,14H2,(H,16,17)(H,18,19);1-5H,6H2,(H2,9,10). The Morgan fingerprint density at radius 1 is 0.968 bits per heavy atom. The van der Waals surface area contributed by atoms with Gasteiger partial charge in [0.15, 0.2) is 0 Å². The summed E-state index contributed by atoms with van der Waals surface area (Å²) in [5.74, 6) is -1.04. The fourth-order valence-electron chi connectivity index (χ4n) is 2.37. The third-order valence-corrected chi connectivity index (χ3v) is 4.28. The molecule has 0 aromatic heterocycles. The number of aromatic carboxylic acids is 1. The number of primary amides is 1. The number of hydrogen-bond acceptors (Lipinski definition) is 7. The first kappa shape index (κ1) is 26.0. The van der Waals surface area contributed by atoms with E-state index in [1.54, 1.807) is 12.1 Å². The van der Waals surface area contributed by atoms with Gasteiger partial charge >= 0.3 is 12.1 Å². The van der Waals surface area contributed by atoms with Crippen LogP contribution in [0, 0.1) is 0 Å². The molecule has 0 aliphatic carbocycles. The minimum atomic E-state index is -0.980. The zero-order valence-electron chi connectivity index (χ0n) is 17.1. The number of nitrogens with one attached hydrogen (secondary N) is 2. The van der Waals surface area contributed by atoms with Gasteiger partial charge in [0.1, 0.15) is 6.61 Å². The molecule has 0 aliphatic rings. The molecule has 2 aromatic rings. The van der Waals surface area contributed by atoms with Gasteiger partial charge in [-0.15, -0.1) is 0 Å². The van der Waals surface area contributed by atoms with E-state index in [0.717, 1.165) is 43.5 Å². The Hall–Kier alpha value is -3.08. The number of amides is 2. The number of anilines is 1. The molecule has 2 rings (SSSR count). The van der Waals surface area contributed by atoms with Crippen LogP contribution < -0.4 is 20.9 Å². The lowest BCUT2D eigenvalue weighted by molar-refractivity contribution is -0.116. The average molecular weight is 449 g/mol. The second kappa shape index (κ2) is 15.7. The van der Waals surface area contributed by atoms with Crippen molar-refractivity contribution in [2.75, 3.05) is 11.9 Å². The number of rotatable bonds is 11. The fraction of sp³-hybridized carbons (Fsp3) is 0.286. The summed E-state index contributed by atoms with van der Waals surface area (Å²) in [6.45, 7) is 1.08. The summed E-state index contributed by atoms with van der Waals surface area (Å²) in [5.41, 5.74) is 6.53. The summed E-state index contributed by atoms with van der Waals surface area (Å²) >= 11 is 1.10. The van der Waals surface area contributed by atoms with E-state index < -0.39 is 12.1 Å².